The van der Waals surface area contributed by atoms with Gasteiger partial charge in [-0.2, -0.15) is 0 Å². The lowest BCUT2D eigenvalue weighted by molar-refractivity contribution is -0.115. The third-order valence-corrected chi connectivity index (χ3v) is 4.66. The van der Waals surface area contributed by atoms with Crippen LogP contribution in [-0.2, 0) is 11.2 Å². The number of rotatable bonds is 5. The van der Waals surface area contributed by atoms with Gasteiger partial charge in [0.05, 0.1) is 17.6 Å². The molecule has 0 unspecified atom stereocenters. The summed E-state index contributed by atoms with van der Waals surface area (Å²) in [5, 5.41) is 7.60. The molecule has 140 valence electrons. The molecule has 28 heavy (non-hydrogen) atoms. The number of hydrogen-bond acceptors (Lipinski definition) is 6. The summed E-state index contributed by atoms with van der Waals surface area (Å²) in [6.07, 6.45) is 0.0532. The first-order valence-corrected chi connectivity index (χ1v) is 9.18. The highest BCUT2D eigenvalue weighted by molar-refractivity contribution is 7.14. The fourth-order valence-corrected chi connectivity index (χ4v) is 3.31. The maximum Gasteiger partial charge on any atom is 0.417 e. The Balaban J connectivity index is 1.38. The number of aromatic nitrogens is 2. The molecule has 0 saturated heterocycles. The Bertz CT molecular complexity index is 1210. The Morgan fingerprint density at radius 2 is 1.93 bits per heavy atom. The molecule has 2 amide bonds. The second-order valence-electron chi connectivity index (χ2n) is 5.91. The number of benzene rings is 2. The summed E-state index contributed by atoms with van der Waals surface area (Å²) in [6.45, 7) is 0. The summed E-state index contributed by atoms with van der Waals surface area (Å²) in [4.78, 5) is 42.4. The third kappa shape index (κ3) is 3.99. The molecule has 0 aliphatic rings. The first-order chi connectivity index (χ1) is 13.6. The molecule has 0 bridgehead atoms. The van der Waals surface area contributed by atoms with Crippen molar-refractivity contribution in [2.75, 3.05) is 10.6 Å². The Kier molecular flexibility index (Phi) is 4.73. The van der Waals surface area contributed by atoms with Crippen molar-refractivity contribution >= 4 is 45.1 Å². The van der Waals surface area contributed by atoms with Gasteiger partial charge in [0.2, 0.25) is 5.91 Å². The van der Waals surface area contributed by atoms with Crippen molar-refractivity contribution < 1.29 is 14.0 Å². The van der Waals surface area contributed by atoms with Gasteiger partial charge in [-0.1, -0.05) is 18.2 Å². The van der Waals surface area contributed by atoms with E-state index in [1.807, 2.05) is 6.07 Å². The van der Waals surface area contributed by atoms with Crippen LogP contribution < -0.4 is 16.4 Å². The molecule has 0 saturated carbocycles. The minimum Gasteiger partial charge on any atom is -0.408 e. The third-order valence-electron chi connectivity index (χ3n) is 3.85. The van der Waals surface area contributed by atoms with Crippen molar-refractivity contribution in [1.29, 1.82) is 0 Å². The second-order valence-corrected chi connectivity index (χ2v) is 6.77. The predicted octanol–water partition coefficient (Wildman–Crippen LogP) is 3.01. The van der Waals surface area contributed by atoms with E-state index in [0.29, 0.717) is 33.2 Å². The van der Waals surface area contributed by atoms with Crippen LogP contribution in [0.4, 0.5) is 10.8 Å². The van der Waals surface area contributed by atoms with Crippen molar-refractivity contribution in [2.24, 2.45) is 0 Å². The molecule has 0 aliphatic heterocycles. The fraction of sp³-hybridized carbons (Fsp3) is 0.0526. The number of hydrogen-bond donors (Lipinski definition) is 3. The molecule has 9 heteroatoms. The van der Waals surface area contributed by atoms with Crippen molar-refractivity contribution in [1.82, 2.24) is 9.97 Å². The zero-order valence-electron chi connectivity index (χ0n) is 14.4. The lowest BCUT2D eigenvalue weighted by Gasteiger charge is -2.04. The number of H-pyrrole nitrogens is 1. The highest BCUT2D eigenvalue weighted by Gasteiger charge is 2.12. The maximum absolute atomic E-state index is 12.2. The van der Waals surface area contributed by atoms with Crippen LogP contribution in [0.1, 0.15) is 16.1 Å². The van der Waals surface area contributed by atoms with E-state index in [9.17, 15) is 14.4 Å². The molecule has 8 nitrogen and oxygen atoms in total. The van der Waals surface area contributed by atoms with E-state index in [-0.39, 0.29) is 18.2 Å². The Morgan fingerprint density at radius 1 is 1.11 bits per heavy atom. The van der Waals surface area contributed by atoms with Crippen LogP contribution in [0, 0.1) is 0 Å². The molecular weight excluding hydrogens is 380 g/mol. The summed E-state index contributed by atoms with van der Waals surface area (Å²) in [7, 11) is 0. The summed E-state index contributed by atoms with van der Waals surface area (Å²) in [6, 6.07) is 13.7. The van der Waals surface area contributed by atoms with Crippen LogP contribution in [0.5, 0.6) is 0 Å². The number of carbonyl (C=O) groups excluding carboxylic acids is 2. The lowest BCUT2D eigenvalue weighted by atomic mass is 10.2. The van der Waals surface area contributed by atoms with E-state index in [1.165, 1.54) is 11.3 Å². The van der Waals surface area contributed by atoms with Gasteiger partial charge in [-0.05, 0) is 30.3 Å². The van der Waals surface area contributed by atoms with Crippen LogP contribution in [-0.4, -0.2) is 21.8 Å². The normalized spacial score (nSPS) is 10.7. The minimum atomic E-state index is -0.550. The Labute approximate surface area is 162 Å². The first kappa shape index (κ1) is 17.7. The van der Waals surface area contributed by atoms with Gasteiger partial charge in [0.25, 0.3) is 5.91 Å². The molecule has 3 N–H and O–H groups in total. The highest BCUT2D eigenvalue weighted by atomic mass is 32.1. The van der Waals surface area contributed by atoms with E-state index >= 15 is 0 Å². The van der Waals surface area contributed by atoms with Crippen LogP contribution in [0.15, 0.2) is 63.1 Å². The fourth-order valence-electron chi connectivity index (χ4n) is 2.60. The van der Waals surface area contributed by atoms with E-state index in [2.05, 4.69) is 20.6 Å². The van der Waals surface area contributed by atoms with Gasteiger partial charge in [0, 0.05) is 16.6 Å². The number of anilines is 2. The molecule has 4 rings (SSSR count). The van der Waals surface area contributed by atoms with Crippen molar-refractivity contribution in [2.45, 2.75) is 6.42 Å². The smallest absolute Gasteiger partial charge is 0.408 e. The van der Waals surface area contributed by atoms with Crippen molar-refractivity contribution in [3.63, 3.8) is 0 Å². The van der Waals surface area contributed by atoms with Crippen LogP contribution in [0.3, 0.4) is 0 Å². The molecule has 4 aromatic rings. The van der Waals surface area contributed by atoms with Crippen LogP contribution >= 0.6 is 11.3 Å². The molecule has 2 heterocycles. The zero-order chi connectivity index (χ0) is 19.5. The van der Waals surface area contributed by atoms with Crippen LogP contribution in [0.25, 0.3) is 11.1 Å². The quantitative estimate of drug-likeness (QED) is 0.481. The number of oxazole rings is 1. The SMILES string of the molecule is O=C(Cc1csc(NC(=O)c2ccccc2)n1)Nc1ccc2oc(=O)[nH]c2c1. The number of nitrogens with zero attached hydrogens (tertiary/aromatic N) is 1. The van der Waals surface area contributed by atoms with Gasteiger partial charge in [0.15, 0.2) is 10.7 Å². The van der Waals surface area contributed by atoms with Crippen molar-refractivity contribution in [3.8, 4) is 0 Å². The second kappa shape index (κ2) is 7.49. The number of thiazole rings is 1. The number of amides is 2. The van der Waals surface area contributed by atoms with E-state index in [4.69, 9.17) is 4.42 Å². The molecule has 0 atom stereocenters. The summed E-state index contributed by atoms with van der Waals surface area (Å²) < 4.78 is 4.92. The van der Waals surface area contributed by atoms with E-state index in [1.54, 1.807) is 47.8 Å². The number of aromatic amines is 1. The molecule has 2 aromatic heterocycles. The monoisotopic (exact) mass is 394 g/mol. The summed E-state index contributed by atoms with van der Waals surface area (Å²) in [5.41, 5.74) is 2.53. The zero-order valence-corrected chi connectivity index (χ0v) is 15.2. The van der Waals surface area contributed by atoms with Gasteiger partial charge in [0.1, 0.15) is 0 Å². The largest absolute Gasteiger partial charge is 0.417 e. The van der Waals surface area contributed by atoms with Crippen LogP contribution in [0.2, 0.25) is 0 Å². The lowest BCUT2D eigenvalue weighted by Crippen LogP contribution is -2.15. The standard InChI is InChI=1S/C19H14N4O4S/c24-16(20-12-6-7-15-14(8-12)22-19(26)27-15)9-13-10-28-18(21-13)23-17(25)11-4-2-1-3-5-11/h1-8,10H,9H2,(H,20,24)(H,22,26)(H,21,23,25). The number of fused-ring (bicyclic) bond motifs is 1. The first-order valence-electron chi connectivity index (χ1n) is 8.30. The average molecular weight is 394 g/mol. The Morgan fingerprint density at radius 3 is 2.75 bits per heavy atom. The predicted molar refractivity (Wildman–Crippen MR) is 106 cm³/mol. The summed E-state index contributed by atoms with van der Waals surface area (Å²) >= 11 is 1.25. The number of carbonyl (C=O) groups is 2. The summed E-state index contributed by atoms with van der Waals surface area (Å²) in [5.74, 6) is -1.07. The molecule has 0 spiro atoms. The molecule has 0 aliphatic carbocycles. The minimum absolute atomic E-state index is 0.0532. The molecule has 0 fully saturated rings. The van der Waals surface area contributed by atoms with Gasteiger partial charge in [-0.3, -0.25) is 19.9 Å². The van der Waals surface area contributed by atoms with Gasteiger partial charge in [-0.25, -0.2) is 9.78 Å². The number of nitrogens with one attached hydrogen (secondary N) is 3. The molecular formula is C19H14N4O4S. The maximum atomic E-state index is 12.2. The van der Waals surface area contributed by atoms with Gasteiger partial charge in [-0.15, -0.1) is 11.3 Å². The average Bonchev–Trinajstić information content (AvgIpc) is 3.27. The van der Waals surface area contributed by atoms with Gasteiger partial charge < -0.3 is 9.73 Å². The van der Waals surface area contributed by atoms with E-state index in [0.717, 1.165) is 0 Å². The van der Waals surface area contributed by atoms with Crippen molar-refractivity contribution in [3.05, 3.63) is 75.7 Å². The topological polar surface area (TPSA) is 117 Å². The van der Waals surface area contributed by atoms with E-state index < -0.39 is 5.76 Å². The highest BCUT2D eigenvalue weighted by Crippen LogP contribution is 2.19. The molecule has 0 radical (unpaired) electrons. The van der Waals surface area contributed by atoms with Gasteiger partial charge >= 0.3 is 5.76 Å². The Hall–Kier alpha value is -3.72. The molecule has 2 aromatic carbocycles.